The van der Waals surface area contributed by atoms with Crippen molar-refractivity contribution in [2.45, 2.75) is 13.8 Å². The Morgan fingerprint density at radius 2 is 1.56 bits per heavy atom. The maximum absolute atomic E-state index is 9.10. The third kappa shape index (κ3) is 4.22. The zero-order valence-electron chi connectivity index (χ0n) is 14.7. The van der Waals surface area contributed by atoms with Crippen molar-refractivity contribution in [1.82, 2.24) is 9.97 Å². The lowest BCUT2D eigenvalue weighted by Gasteiger charge is -2.14. The summed E-state index contributed by atoms with van der Waals surface area (Å²) in [4.78, 5) is 8.79. The molecule has 7 heteroatoms. The summed E-state index contributed by atoms with van der Waals surface area (Å²) in [6.07, 6.45) is 1.66. The van der Waals surface area contributed by atoms with Crippen molar-refractivity contribution in [3.05, 3.63) is 69.3 Å². The molecule has 0 unspecified atom stereocenters. The number of aromatic nitrogens is 2. The van der Waals surface area contributed by atoms with Crippen molar-refractivity contribution in [2.75, 3.05) is 10.6 Å². The molecule has 2 aromatic carbocycles. The lowest BCUT2D eigenvalue weighted by Crippen LogP contribution is -2.04. The van der Waals surface area contributed by atoms with Gasteiger partial charge in [-0.25, -0.2) is 4.98 Å². The molecule has 0 saturated carbocycles. The molecule has 3 rings (SSSR count). The average molecular weight is 419 g/mol. The number of anilines is 4. The minimum atomic E-state index is 0.425. The first-order valence-electron chi connectivity index (χ1n) is 8.08. The van der Waals surface area contributed by atoms with Gasteiger partial charge >= 0.3 is 0 Å². The van der Waals surface area contributed by atoms with Gasteiger partial charge in [-0.1, -0.05) is 0 Å². The molecule has 27 heavy (non-hydrogen) atoms. The average Bonchev–Trinajstić information content (AvgIpc) is 2.67. The summed E-state index contributed by atoms with van der Waals surface area (Å²) in [5.74, 6) is 1.03. The SMILES string of the molecule is Cc1cc(C#N)cc(C)c1Nc1nc(Nc2ccc(C#N)cc2)ncc1Br. The van der Waals surface area contributed by atoms with Gasteiger partial charge in [0.1, 0.15) is 5.82 Å². The van der Waals surface area contributed by atoms with Crippen LogP contribution in [0.5, 0.6) is 0 Å². The molecule has 2 N–H and O–H groups in total. The zero-order chi connectivity index (χ0) is 19.4. The number of nitrogens with one attached hydrogen (secondary N) is 2. The van der Waals surface area contributed by atoms with Gasteiger partial charge in [0.2, 0.25) is 5.95 Å². The molecule has 3 aromatic rings. The van der Waals surface area contributed by atoms with E-state index in [0.717, 1.165) is 27.0 Å². The van der Waals surface area contributed by atoms with Gasteiger partial charge in [-0.05, 0) is 77.3 Å². The van der Waals surface area contributed by atoms with E-state index in [-0.39, 0.29) is 0 Å². The second kappa shape index (κ2) is 7.86. The van der Waals surface area contributed by atoms with Crippen molar-refractivity contribution >= 4 is 39.1 Å². The van der Waals surface area contributed by atoms with Crippen molar-refractivity contribution < 1.29 is 0 Å². The molecule has 0 amide bonds. The van der Waals surface area contributed by atoms with Crippen LogP contribution in [0.3, 0.4) is 0 Å². The number of halogens is 1. The predicted molar refractivity (Wildman–Crippen MR) is 108 cm³/mol. The van der Waals surface area contributed by atoms with E-state index < -0.39 is 0 Å². The Labute approximate surface area is 165 Å². The summed E-state index contributed by atoms with van der Waals surface area (Å²) in [7, 11) is 0. The van der Waals surface area contributed by atoms with Crippen LogP contribution in [-0.4, -0.2) is 9.97 Å². The number of aryl methyl sites for hydroxylation is 2. The molecule has 1 aromatic heterocycles. The third-order valence-electron chi connectivity index (χ3n) is 3.92. The highest BCUT2D eigenvalue weighted by atomic mass is 79.9. The van der Waals surface area contributed by atoms with Gasteiger partial charge in [-0.3, -0.25) is 0 Å². The molecule has 1 heterocycles. The Kier molecular flexibility index (Phi) is 5.35. The number of hydrogen-bond donors (Lipinski definition) is 2. The van der Waals surface area contributed by atoms with Crippen molar-refractivity contribution in [1.29, 1.82) is 10.5 Å². The first-order valence-corrected chi connectivity index (χ1v) is 8.87. The van der Waals surface area contributed by atoms with Gasteiger partial charge in [0.05, 0.1) is 27.7 Å². The topological polar surface area (TPSA) is 97.4 Å². The molecule has 0 saturated heterocycles. The molecule has 0 spiro atoms. The lowest BCUT2D eigenvalue weighted by atomic mass is 10.0. The third-order valence-corrected chi connectivity index (χ3v) is 4.50. The van der Waals surface area contributed by atoms with Crippen LogP contribution in [0, 0.1) is 36.5 Å². The lowest BCUT2D eigenvalue weighted by molar-refractivity contribution is 1.15. The number of nitriles is 2. The van der Waals surface area contributed by atoms with Crippen LogP contribution in [0.15, 0.2) is 47.1 Å². The summed E-state index contributed by atoms with van der Waals surface area (Å²) >= 11 is 3.47. The molecular formula is C20H15BrN6. The molecule has 0 radical (unpaired) electrons. The number of hydrogen-bond acceptors (Lipinski definition) is 6. The van der Waals surface area contributed by atoms with E-state index in [2.05, 4.69) is 48.7 Å². The van der Waals surface area contributed by atoms with Gasteiger partial charge in [0.15, 0.2) is 0 Å². The van der Waals surface area contributed by atoms with Crippen LogP contribution >= 0.6 is 15.9 Å². The molecule has 0 fully saturated rings. The second-order valence-electron chi connectivity index (χ2n) is 5.93. The van der Waals surface area contributed by atoms with E-state index in [1.54, 1.807) is 30.5 Å². The standard InChI is InChI=1S/C20H15BrN6/c1-12-7-15(10-23)8-13(2)18(12)26-19-17(21)11-24-20(27-19)25-16-5-3-14(9-22)4-6-16/h3-8,11H,1-2H3,(H2,24,25,26,27). The Balaban J connectivity index is 1.88. The van der Waals surface area contributed by atoms with E-state index >= 15 is 0 Å². The van der Waals surface area contributed by atoms with Gasteiger partial charge in [0.25, 0.3) is 0 Å². The first kappa shape index (κ1) is 18.4. The Bertz CT molecular complexity index is 1050. The van der Waals surface area contributed by atoms with E-state index in [1.807, 2.05) is 26.0 Å². The van der Waals surface area contributed by atoms with Crippen LogP contribution in [0.25, 0.3) is 0 Å². The predicted octanol–water partition coefficient (Wildman–Crippen LogP) is 5.09. The normalized spacial score (nSPS) is 9.96. The van der Waals surface area contributed by atoms with Crippen LogP contribution in [0.1, 0.15) is 22.3 Å². The molecule has 0 atom stereocenters. The van der Waals surface area contributed by atoms with Crippen LogP contribution in [-0.2, 0) is 0 Å². The number of rotatable bonds is 4. The summed E-state index contributed by atoms with van der Waals surface area (Å²) in [5, 5.41) is 24.4. The van der Waals surface area contributed by atoms with Crippen molar-refractivity contribution in [2.24, 2.45) is 0 Å². The molecule has 0 aliphatic heterocycles. The van der Waals surface area contributed by atoms with Gasteiger partial charge < -0.3 is 10.6 Å². The minimum absolute atomic E-state index is 0.425. The highest BCUT2D eigenvalue weighted by Crippen LogP contribution is 2.29. The second-order valence-corrected chi connectivity index (χ2v) is 6.78. The fraction of sp³-hybridized carbons (Fsp3) is 0.100. The van der Waals surface area contributed by atoms with Gasteiger partial charge in [0, 0.05) is 17.6 Å². The fourth-order valence-corrected chi connectivity index (χ4v) is 2.91. The molecule has 0 bridgehead atoms. The maximum atomic E-state index is 9.10. The van der Waals surface area contributed by atoms with Crippen molar-refractivity contribution in [3.8, 4) is 12.1 Å². The molecular weight excluding hydrogens is 404 g/mol. The van der Waals surface area contributed by atoms with Gasteiger partial charge in [-0.2, -0.15) is 15.5 Å². The quantitative estimate of drug-likeness (QED) is 0.612. The Hall–Kier alpha value is -3.42. The molecule has 0 aliphatic rings. The highest BCUT2D eigenvalue weighted by Gasteiger charge is 2.10. The monoisotopic (exact) mass is 418 g/mol. The first-order chi connectivity index (χ1) is 13.0. The van der Waals surface area contributed by atoms with Crippen LogP contribution in [0.2, 0.25) is 0 Å². The zero-order valence-corrected chi connectivity index (χ0v) is 16.3. The van der Waals surface area contributed by atoms with E-state index in [9.17, 15) is 0 Å². The molecule has 0 aliphatic carbocycles. The Morgan fingerprint density at radius 3 is 2.15 bits per heavy atom. The van der Waals surface area contributed by atoms with E-state index in [4.69, 9.17) is 10.5 Å². The fourth-order valence-electron chi connectivity index (χ4n) is 2.62. The minimum Gasteiger partial charge on any atom is -0.339 e. The summed E-state index contributed by atoms with van der Waals surface area (Å²) in [6, 6.07) is 15.0. The van der Waals surface area contributed by atoms with Crippen LogP contribution < -0.4 is 10.6 Å². The largest absolute Gasteiger partial charge is 0.339 e. The van der Waals surface area contributed by atoms with Crippen molar-refractivity contribution in [3.63, 3.8) is 0 Å². The smallest absolute Gasteiger partial charge is 0.229 e. The van der Waals surface area contributed by atoms with Crippen LogP contribution in [0.4, 0.5) is 23.1 Å². The number of nitrogens with zero attached hydrogens (tertiary/aromatic N) is 4. The number of benzene rings is 2. The maximum Gasteiger partial charge on any atom is 0.229 e. The van der Waals surface area contributed by atoms with Gasteiger partial charge in [-0.15, -0.1) is 0 Å². The molecule has 132 valence electrons. The Morgan fingerprint density at radius 1 is 0.926 bits per heavy atom. The van der Waals surface area contributed by atoms with E-state index in [0.29, 0.717) is 22.9 Å². The summed E-state index contributed by atoms with van der Waals surface area (Å²) < 4.78 is 0.719. The summed E-state index contributed by atoms with van der Waals surface area (Å²) in [6.45, 7) is 3.89. The molecule has 6 nitrogen and oxygen atoms in total. The van der Waals surface area contributed by atoms with E-state index in [1.165, 1.54) is 0 Å². The summed E-state index contributed by atoms with van der Waals surface area (Å²) in [5.41, 5.74) is 4.81. The highest BCUT2D eigenvalue weighted by molar-refractivity contribution is 9.10.